The van der Waals surface area contributed by atoms with Gasteiger partial charge >= 0.3 is 0 Å². The lowest BCUT2D eigenvalue weighted by atomic mass is 10.2. The van der Waals surface area contributed by atoms with E-state index in [1.54, 1.807) is 6.07 Å². The second-order valence-electron chi connectivity index (χ2n) is 3.39. The minimum absolute atomic E-state index is 0.0204. The smallest absolute Gasteiger partial charge is 0.206 e. The van der Waals surface area contributed by atoms with Gasteiger partial charge in [0.15, 0.2) is 0 Å². The zero-order chi connectivity index (χ0) is 11.5. The van der Waals surface area contributed by atoms with E-state index in [-0.39, 0.29) is 11.9 Å². The van der Waals surface area contributed by atoms with E-state index in [1.807, 2.05) is 13.8 Å². The Labute approximate surface area is 96.6 Å². The Balaban J connectivity index is 2.08. The molecule has 0 radical (unpaired) electrons. The molecule has 0 aliphatic carbocycles. The quantitative estimate of drug-likeness (QED) is 0.892. The van der Waals surface area contributed by atoms with Crippen LogP contribution in [-0.4, -0.2) is 15.2 Å². The van der Waals surface area contributed by atoms with Gasteiger partial charge in [-0.15, -0.1) is 10.2 Å². The molecule has 2 heterocycles. The van der Waals surface area contributed by atoms with Gasteiger partial charge in [0, 0.05) is 0 Å². The van der Waals surface area contributed by atoms with Crippen LogP contribution in [0, 0.1) is 12.7 Å². The molecule has 0 spiro atoms. The molecule has 4 nitrogen and oxygen atoms in total. The second kappa shape index (κ2) is 4.52. The van der Waals surface area contributed by atoms with Crippen LogP contribution < -0.4 is 5.32 Å². The van der Waals surface area contributed by atoms with Crippen LogP contribution in [-0.2, 0) is 0 Å². The highest BCUT2D eigenvalue weighted by molar-refractivity contribution is 7.15. The maximum atomic E-state index is 12.7. The molecular formula is C10H11FN4S. The normalized spacial score (nSPS) is 12.4. The average Bonchev–Trinajstić information content (AvgIpc) is 2.65. The number of aryl methyl sites for hydroxylation is 1. The van der Waals surface area contributed by atoms with Crippen LogP contribution in [0.2, 0.25) is 0 Å². The van der Waals surface area contributed by atoms with Gasteiger partial charge in [-0.25, -0.2) is 4.39 Å². The van der Waals surface area contributed by atoms with Gasteiger partial charge in [-0.3, -0.25) is 4.98 Å². The molecule has 1 atom stereocenters. The van der Waals surface area contributed by atoms with Crippen LogP contribution in [0.3, 0.4) is 0 Å². The fourth-order valence-corrected chi connectivity index (χ4v) is 1.94. The van der Waals surface area contributed by atoms with E-state index in [4.69, 9.17) is 0 Å². The van der Waals surface area contributed by atoms with Crippen molar-refractivity contribution in [3.63, 3.8) is 0 Å². The van der Waals surface area contributed by atoms with Crippen LogP contribution >= 0.6 is 11.3 Å². The van der Waals surface area contributed by atoms with Crippen LogP contribution in [0.15, 0.2) is 18.3 Å². The van der Waals surface area contributed by atoms with Gasteiger partial charge in [-0.05, 0) is 26.0 Å². The van der Waals surface area contributed by atoms with E-state index in [2.05, 4.69) is 20.5 Å². The molecule has 0 fully saturated rings. The van der Waals surface area contributed by atoms with Gasteiger partial charge in [0.05, 0.1) is 17.9 Å². The summed E-state index contributed by atoms with van der Waals surface area (Å²) < 4.78 is 12.7. The lowest BCUT2D eigenvalue weighted by molar-refractivity contribution is 0.617. The summed E-state index contributed by atoms with van der Waals surface area (Å²) >= 11 is 1.48. The summed E-state index contributed by atoms with van der Waals surface area (Å²) in [4.78, 5) is 4.00. The number of hydrogen-bond donors (Lipinski definition) is 1. The van der Waals surface area contributed by atoms with Gasteiger partial charge in [-0.2, -0.15) is 0 Å². The largest absolute Gasteiger partial charge is 0.352 e. The van der Waals surface area contributed by atoms with Crippen molar-refractivity contribution in [2.45, 2.75) is 19.9 Å². The summed E-state index contributed by atoms with van der Waals surface area (Å²) in [6, 6.07) is 3.03. The minimum Gasteiger partial charge on any atom is -0.352 e. The molecule has 16 heavy (non-hydrogen) atoms. The Bertz CT molecular complexity index is 468. The molecule has 0 bridgehead atoms. The molecule has 1 unspecified atom stereocenters. The van der Waals surface area contributed by atoms with Crippen molar-refractivity contribution in [1.82, 2.24) is 15.2 Å². The first kappa shape index (κ1) is 10.9. The highest BCUT2D eigenvalue weighted by atomic mass is 32.1. The summed E-state index contributed by atoms with van der Waals surface area (Å²) in [7, 11) is 0. The summed E-state index contributed by atoms with van der Waals surface area (Å²) in [5.74, 6) is -0.331. The highest BCUT2D eigenvalue weighted by Gasteiger charge is 2.09. The maximum absolute atomic E-state index is 12.7. The third kappa shape index (κ3) is 2.52. The zero-order valence-corrected chi connectivity index (χ0v) is 9.75. The lowest BCUT2D eigenvalue weighted by Gasteiger charge is -2.11. The fraction of sp³-hybridized carbons (Fsp3) is 0.300. The van der Waals surface area contributed by atoms with Crippen molar-refractivity contribution in [2.75, 3.05) is 5.32 Å². The Morgan fingerprint density at radius 1 is 1.38 bits per heavy atom. The van der Waals surface area contributed by atoms with E-state index in [1.165, 1.54) is 23.6 Å². The van der Waals surface area contributed by atoms with E-state index < -0.39 is 0 Å². The van der Waals surface area contributed by atoms with Gasteiger partial charge in [0.1, 0.15) is 10.8 Å². The molecule has 0 aliphatic rings. The van der Waals surface area contributed by atoms with Crippen LogP contribution in [0.25, 0.3) is 0 Å². The first-order valence-electron chi connectivity index (χ1n) is 4.83. The molecular weight excluding hydrogens is 227 g/mol. The topological polar surface area (TPSA) is 50.7 Å². The van der Waals surface area contributed by atoms with E-state index in [9.17, 15) is 4.39 Å². The van der Waals surface area contributed by atoms with Gasteiger partial charge < -0.3 is 5.32 Å². The molecule has 0 aromatic carbocycles. The third-order valence-electron chi connectivity index (χ3n) is 2.06. The minimum atomic E-state index is -0.331. The summed E-state index contributed by atoms with van der Waals surface area (Å²) in [5, 5.41) is 12.7. The molecule has 6 heteroatoms. The van der Waals surface area contributed by atoms with Crippen molar-refractivity contribution in [3.05, 3.63) is 34.8 Å². The van der Waals surface area contributed by atoms with E-state index in [0.29, 0.717) is 0 Å². The molecule has 0 saturated heterocycles. The number of rotatable bonds is 3. The van der Waals surface area contributed by atoms with Crippen LogP contribution in [0.1, 0.15) is 23.7 Å². The molecule has 2 aromatic heterocycles. The molecule has 2 rings (SSSR count). The SMILES string of the molecule is Cc1nnc(NC(C)c2ccc(F)cn2)s1. The maximum Gasteiger partial charge on any atom is 0.206 e. The fourth-order valence-electron chi connectivity index (χ4n) is 1.26. The molecule has 84 valence electrons. The number of hydrogen-bond acceptors (Lipinski definition) is 5. The number of nitrogens with one attached hydrogen (secondary N) is 1. The number of anilines is 1. The first-order valence-corrected chi connectivity index (χ1v) is 5.65. The van der Waals surface area contributed by atoms with E-state index in [0.717, 1.165) is 15.8 Å². The standard InChI is InChI=1S/C10H11FN4S/c1-6(9-4-3-8(11)5-12-9)13-10-15-14-7(2)16-10/h3-6H,1-2H3,(H,13,15). The first-order chi connectivity index (χ1) is 7.65. The van der Waals surface area contributed by atoms with Crippen LogP contribution in [0.5, 0.6) is 0 Å². The van der Waals surface area contributed by atoms with Gasteiger partial charge in [-0.1, -0.05) is 11.3 Å². The van der Waals surface area contributed by atoms with Crippen molar-refractivity contribution >= 4 is 16.5 Å². The van der Waals surface area contributed by atoms with E-state index >= 15 is 0 Å². The Hall–Kier alpha value is -1.56. The predicted molar refractivity (Wildman–Crippen MR) is 60.9 cm³/mol. The second-order valence-corrected chi connectivity index (χ2v) is 4.58. The molecule has 1 N–H and O–H groups in total. The van der Waals surface area contributed by atoms with Crippen molar-refractivity contribution in [2.24, 2.45) is 0 Å². The van der Waals surface area contributed by atoms with Crippen molar-refractivity contribution in [3.8, 4) is 0 Å². The van der Waals surface area contributed by atoms with Crippen molar-refractivity contribution in [1.29, 1.82) is 0 Å². The lowest BCUT2D eigenvalue weighted by Crippen LogP contribution is -2.08. The summed E-state index contributed by atoms with van der Waals surface area (Å²) in [6.45, 7) is 3.83. The third-order valence-corrected chi connectivity index (χ3v) is 2.83. The molecule has 2 aromatic rings. The van der Waals surface area contributed by atoms with Gasteiger partial charge in [0.25, 0.3) is 0 Å². The number of halogens is 1. The molecule has 0 amide bonds. The highest BCUT2D eigenvalue weighted by Crippen LogP contribution is 2.20. The van der Waals surface area contributed by atoms with Gasteiger partial charge in [0.2, 0.25) is 5.13 Å². The number of nitrogens with zero attached hydrogens (tertiary/aromatic N) is 3. The average molecular weight is 238 g/mol. The van der Waals surface area contributed by atoms with Crippen LogP contribution in [0.4, 0.5) is 9.52 Å². The Morgan fingerprint density at radius 2 is 2.19 bits per heavy atom. The number of aromatic nitrogens is 3. The summed E-state index contributed by atoms with van der Waals surface area (Å²) in [6.07, 6.45) is 1.21. The summed E-state index contributed by atoms with van der Waals surface area (Å²) in [5.41, 5.74) is 0.772. The Morgan fingerprint density at radius 3 is 2.75 bits per heavy atom. The molecule has 0 saturated carbocycles. The zero-order valence-electron chi connectivity index (χ0n) is 8.94. The monoisotopic (exact) mass is 238 g/mol. The Kier molecular flexibility index (Phi) is 3.09. The predicted octanol–water partition coefficient (Wildman–Crippen LogP) is 2.55. The molecule has 0 aliphatic heterocycles. The van der Waals surface area contributed by atoms with Crippen molar-refractivity contribution < 1.29 is 4.39 Å². The number of pyridine rings is 1.